The van der Waals surface area contributed by atoms with Gasteiger partial charge in [0.05, 0.1) is 0 Å². The molecule has 0 atom stereocenters. The molecular weight excluding hydrogens is 158 g/mol. The summed E-state index contributed by atoms with van der Waals surface area (Å²) in [5.74, 6) is 0. The standard InChI is InChI=1S/C12H15N/c1-4-11-8-10-6-5-9(2)7-12(10)13(11)3/h5-8H,4H2,1-3H3. The van der Waals surface area contributed by atoms with Gasteiger partial charge < -0.3 is 4.57 Å². The fraction of sp³-hybridized carbons (Fsp3) is 0.333. The molecule has 0 N–H and O–H groups in total. The van der Waals surface area contributed by atoms with Crippen LogP contribution in [0.4, 0.5) is 0 Å². The number of fused-ring (bicyclic) bond motifs is 1. The molecule has 0 saturated heterocycles. The zero-order valence-electron chi connectivity index (χ0n) is 8.46. The zero-order valence-corrected chi connectivity index (χ0v) is 8.46. The summed E-state index contributed by atoms with van der Waals surface area (Å²) in [6, 6.07) is 8.88. The number of hydrogen-bond acceptors (Lipinski definition) is 0. The summed E-state index contributed by atoms with van der Waals surface area (Å²) < 4.78 is 2.28. The van der Waals surface area contributed by atoms with Crippen molar-refractivity contribution >= 4 is 10.9 Å². The van der Waals surface area contributed by atoms with Crippen LogP contribution >= 0.6 is 0 Å². The molecule has 0 unspecified atom stereocenters. The Morgan fingerprint density at radius 1 is 1.23 bits per heavy atom. The van der Waals surface area contributed by atoms with E-state index in [1.54, 1.807) is 0 Å². The molecule has 0 spiro atoms. The molecule has 68 valence electrons. The normalized spacial score (nSPS) is 11.0. The van der Waals surface area contributed by atoms with Crippen LogP contribution in [0.1, 0.15) is 18.2 Å². The molecule has 0 amide bonds. The van der Waals surface area contributed by atoms with Crippen molar-refractivity contribution in [2.45, 2.75) is 20.3 Å². The predicted molar refractivity (Wildman–Crippen MR) is 57.0 cm³/mol. The summed E-state index contributed by atoms with van der Waals surface area (Å²) >= 11 is 0. The molecule has 1 nitrogen and oxygen atoms in total. The van der Waals surface area contributed by atoms with E-state index < -0.39 is 0 Å². The molecule has 0 radical (unpaired) electrons. The quantitative estimate of drug-likeness (QED) is 0.624. The second kappa shape index (κ2) is 2.91. The first kappa shape index (κ1) is 8.36. The van der Waals surface area contributed by atoms with Gasteiger partial charge >= 0.3 is 0 Å². The van der Waals surface area contributed by atoms with Crippen LogP contribution in [0.2, 0.25) is 0 Å². The summed E-state index contributed by atoms with van der Waals surface area (Å²) in [6.07, 6.45) is 1.10. The average Bonchev–Trinajstić information content (AvgIpc) is 2.44. The molecule has 0 bridgehead atoms. The lowest BCUT2D eigenvalue weighted by molar-refractivity contribution is 0.865. The Kier molecular flexibility index (Phi) is 1.87. The lowest BCUT2D eigenvalue weighted by Gasteiger charge is -2.00. The van der Waals surface area contributed by atoms with E-state index in [2.05, 4.69) is 49.7 Å². The average molecular weight is 173 g/mol. The predicted octanol–water partition coefficient (Wildman–Crippen LogP) is 3.05. The molecule has 0 aliphatic carbocycles. The molecule has 0 saturated carbocycles. The lowest BCUT2D eigenvalue weighted by Crippen LogP contribution is -1.93. The molecule has 13 heavy (non-hydrogen) atoms. The first-order chi connectivity index (χ1) is 6.22. The van der Waals surface area contributed by atoms with Crippen molar-refractivity contribution in [3.05, 3.63) is 35.5 Å². The van der Waals surface area contributed by atoms with Gasteiger partial charge in [0.2, 0.25) is 0 Å². The van der Waals surface area contributed by atoms with Gasteiger partial charge in [-0.3, -0.25) is 0 Å². The number of rotatable bonds is 1. The van der Waals surface area contributed by atoms with Crippen molar-refractivity contribution in [2.75, 3.05) is 0 Å². The van der Waals surface area contributed by atoms with Crippen LogP contribution in [-0.4, -0.2) is 4.57 Å². The van der Waals surface area contributed by atoms with Crippen molar-refractivity contribution in [2.24, 2.45) is 7.05 Å². The Bertz CT molecular complexity index is 438. The molecule has 2 rings (SSSR count). The van der Waals surface area contributed by atoms with E-state index in [1.807, 2.05) is 0 Å². The zero-order chi connectivity index (χ0) is 9.42. The fourth-order valence-electron chi connectivity index (χ4n) is 1.84. The van der Waals surface area contributed by atoms with Crippen LogP contribution < -0.4 is 0 Å². The Balaban J connectivity index is 2.77. The molecular formula is C12H15N. The molecule has 1 aromatic heterocycles. The minimum absolute atomic E-state index is 1.10. The number of nitrogens with zero attached hydrogens (tertiary/aromatic N) is 1. The summed E-state index contributed by atoms with van der Waals surface area (Å²) in [5.41, 5.74) is 4.08. The Labute approximate surface area is 79.0 Å². The first-order valence-corrected chi connectivity index (χ1v) is 4.77. The van der Waals surface area contributed by atoms with Crippen LogP contribution in [0.25, 0.3) is 10.9 Å². The lowest BCUT2D eigenvalue weighted by atomic mass is 10.2. The van der Waals surface area contributed by atoms with Crippen LogP contribution in [0.15, 0.2) is 24.3 Å². The molecule has 0 aliphatic rings. The first-order valence-electron chi connectivity index (χ1n) is 4.77. The Morgan fingerprint density at radius 2 is 2.00 bits per heavy atom. The third-order valence-electron chi connectivity index (χ3n) is 2.66. The van der Waals surface area contributed by atoms with Gasteiger partial charge in [0.1, 0.15) is 0 Å². The van der Waals surface area contributed by atoms with Gasteiger partial charge in [-0.1, -0.05) is 19.1 Å². The van der Waals surface area contributed by atoms with Crippen LogP contribution in [0.3, 0.4) is 0 Å². The maximum Gasteiger partial charge on any atom is 0.0482 e. The van der Waals surface area contributed by atoms with Crippen LogP contribution in [0.5, 0.6) is 0 Å². The molecule has 1 aromatic carbocycles. The van der Waals surface area contributed by atoms with Gasteiger partial charge in [-0.25, -0.2) is 0 Å². The van der Waals surface area contributed by atoms with E-state index in [0.717, 1.165) is 6.42 Å². The highest BCUT2D eigenvalue weighted by atomic mass is 14.9. The maximum absolute atomic E-state index is 2.28. The van der Waals surface area contributed by atoms with E-state index in [9.17, 15) is 0 Å². The number of aromatic nitrogens is 1. The third-order valence-corrected chi connectivity index (χ3v) is 2.66. The third kappa shape index (κ3) is 1.24. The molecule has 1 heteroatoms. The summed E-state index contributed by atoms with van der Waals surface area (Å²) in [5, 5.41) is 1.35. The largest absolute Gasteiger partial charge is 0.348 e. The number of benzene rings is 1. The van der Waals surface area contributed by atoms with E-state index in [0.29, 0.717) is 0 Å². The topological polar surface area (TPSA) is 4.93 Å². The second-order valence-electron chi connectivity index (χ2n) is 3.61. The highest BCUT2D eigenvalue weighted by Gasteiger charge is 2.02. The van der Waals surface area contributed by atoms with Gasteiger partial charge in [-0.05, 0) is 36.4 Å². The van der Waals surface area contributed by atoms with Crippen molar-refractivity contribution in [3.63, 3.8) is 0 Å². The van der Waals surface area contributed by atoms with Crippen LogP contribution in [0, 0.1) is 6.92 Å². The number of aryl methyl sites for hydroxylation is 3. The van der Waals surface area contributed by atoms with E-state index >= 15 is 0 Å². The highest BCUT2D eigenvalue weighted by molar-refractivity contribution is 5.81. The molecule has 0 fully saturated rings. The van der Waals surface area contributed by atoms with Gasteiger partial charge in [0.25, 0.3) is 0 Å². The fourth-order valence-corrected chi connectivity index (χ4v) is 1.84. The molecule has 2 aromatic rings. The monoisotopic (exact) mass is 173 g/mol. The van der Waals surface area contributed by atoms with Gasteiger partial charge in [-0.2, -0.15) is 0 Å². The molecule has 0 aliphatic heterocycles. The highest BCUT2D eigenvalue weighted by Crippen LogP contribution is 2.20. The van der Waals surface area contributed by atoms with E-state index in [-0.39, 0.29) is 0 Å². The van der Waals surface area contributed by atoms with Gasteiger partial charge in [-0.15, -0.1) is 0 Å². The second-order valence-corrected chi connectivity index (χ2v) is 3.61. The van der Waals surface area contributed by atoms with Gasteiger partial charge in [0.15, 0.2) is 0 Å². The number of hydrogen-bond donors (Lipinski definition) is 0. The summed E-state index contributed by atoms with van der Waals surface area (Å²) in [4.78, 5) is 0. The van der Waals surface area contributed by atoms with Crippen molar-refractivity contribution in [1.82, 2.24) is 4.57 Å². The van der Waals surface area contributed by atoms with E-state index in [1.165, 1.54) is 22.2 Å². The maximum atomic E-state index is 2.28. The minimum Gasteiger partial charge on any atom is -0.348 e. The van der Waals surface area contributed by atoms with Gasteiger partial charge in [0, 0.05) is 18.3 Å². The Hall–Kier alpha value is -1.24. The Morgan fingerprint density at radius 3 is 2.69 bits per heavy atom. The van der Waals surface area contributed by atoms with Crippen molar-refractivity contribution in [1.29, 1.82) is 0 Å². The minimum atomic E-state index is 1.10. The van der Waals surface area contributed by atoms with Crippen molar-refractivity contribution < 1.29 is 0 Å². The van der Waals surface area contributed by atoms with E-state index in [4.69, 9.17) is 0 Å². The summed E-state index contributed by atoms with van der Waals surface area (Å²) in [7, 11) is 2.14. The summed E-state index contributed by atoms with van der Waals surface area (Å²) in [6.45, 7) is 4.33. The van der Waals surface area contributed by atoms with Crippen molar-refractivity contribution in [3.8, 4) is 0 Å². The van der Waals surface area contributed by atoms with Crippen LogP contribution in [-0.2, 0) is 13.5 Å². The SMILES string of the molecule is CCc1cc2ccc(C)cc2n1C. The molecule has 1 heterocycles. The smallest absolute Gasteiger partial charge is 0.0482 e.